The molecule has 1 aliphatic heterocycles. The summed E-state index contributed by atoms with van der Waals surface area (Å²) in [5.74, 6) is 1.60. The summed E-state index contributed by atoms with van der Waals surface area (Å²) in [6.45, 7) is 6.25. The second-order valence-electron chi connectivity index (χ2n) is 6.25. The van der Waals surface area contributed by atoms with E-state index in [-0.39, 0.29) is 0 Å². The van der Waals surface area contributed by atoms with Gasteiger partial charge < -0.3 is 15.5 Å². The summed E-state index contributed by atoms with van der Waals surface area (Å²) in [7, 11) is 0. The first kappa shape index (κ1) is 14.1. The van der Waals surface area contributed by atoms with Crippen LogP contribution in [0.15, 0.2) is 49.1 Å². The van der Waals surface area contributed by atoms with Gasteiger partial charge in [-0.1, -0.05) is 36.4 Å². The third-order valence-electron chi connectivity index (χ3n) is 4.43. The van der Waals surface area contributed by atoms with Crippen molar-refractivity contribution in [3.63, 3.8) is 0 Å². The Morgan fingerprint density at radius 1 is 1.30 bits per heavy atom. The van der Waals surface area contributed by atoms with Gasteiger partial charge in [0.05, 0.1) is 12.4 Å². The van der Waals surface area contributed by atoms with Crippen molar-refractivity contribution >= 4 is 17.2 Å². The average molecular weight is 306 g/mol. The van der Waals surface area contributed by atoms with Crippen LogP contribution in [0.5, 0.6) is 0 Å². The molecule has 4 heteroatoms. The largest absolute Gasteiger partial charge is 0.365 e. The Hall–Kier alpha value is -2.49. The number of anilines is 3. The molecule has 0 unspecified atom stereocenters. The Morgan fingerprint density at radius 3 is 2.87 bits per heavy atom. The van der Waals surface area contributed by atoms with Crippen molar-refractivity contribution in [2.75, 3.05) is 28.7 Å². The fraction of sp³-hybridized carbons (Fsp3) is 0.316. The number of rotatable bonds is 6. The lowest BCUT2D eigenvalue weighted by Gasteiger charge is -2.19. The maximum absolute atomic E-state index is 4.84. The fourth-order valence-corrected chi connectivity index (χ4v) is 3.06. The molecule has 2 aliphatic rings. The molecule has 0 saturated heterocycles. The lowest BCUT2D eigenvalue weighted by molar-refractivity contribution is 0.870. The highest BCUT2D eigenvalue weighted by Gasteiger charge is 2.30. The van der Waals surface area contributed by atoms with Gasteiger partial charge in [-0.2, -0.15) is 0 Å². The summed E-state index contributed by atoms with van der Waals surface area (Å²) in [5.41, 5.74) is 4.93. The summed E-state index contributed by atoms with van der Waals surface area (Å²) in [5, 5.41) is 6.88. The van der Waals surface area contributed by atoms with Crippen LogP contribution < -0.4 is 15.5 Å². The Bertz CT molecular complexity index is 707. The molecule has 2 aromatic rings. The molecule has 1 aromatic carbocycles. The lowest BCUT2D eigenvalue weighted by atomic mass is 10.2. The molecule has 2 heterocycles. The molecule has 0 atom stereocenters. The molecule has 1 fully saturated rings. The van der Waals surface area contributed by atoms with E-state index in [4.69, 9.17) is 4.98 Å². The zero-order valence-corrected chi connectivity index (χ0v) is 13.3. The van der Waals surface area contributed by atoms with Gasteiger partial charge in [0, 0.05) is 24.7 Å². The number of nitrogens with zero attached hydrogens (tertiary/aromatic N) is 2. The maximum Gasteiger partial charge on any atom is 0.152 e. The third kappa shape index (κ3) is 2.89. The highest BCUT2D eigenvalue weighted by atomic mass is 15.3. The number of aromatic nitrogens is 1. The van der Waals surface area contributed by atoms with Gasteiger partial charge >= 0.3 is 0 Å². The standard InChI is InChI=1S/C19H22N4/c1-2-10-20-19-18-17(11-16(22-19)15-8-9-15)23(13-21-18)12-14-6-4-3-5-7-14/h2-7,11,15,21H,1,8-10,12-13H2,(H,20,22). The van der Waals surface area contributed by atoms with Crippen molar-refractivity contribution in [1.29, 1.82) is 0 Å². The molecular weight excluding hydrogens is 284 g/mol. The molecule has 0 radical (unpaired) electrons. The second-order valence-corrected chi connectivity index (χ2v) is 6.25. The molecule has 4 rings (SSSR count). The van der Waals surface area contributed by atoms with Crippen LogP contribution >= 0.6 is 0 Å². The molecule has 0 bridgehead atoms. The Kier molecular flexibility index (Phi) is 3.66. The number of hydrogen-bond donors (Lipinski definition) is 2. The van der Waals surface area contributed by atoms with E-state index in [1.54, 1.807) is 0 Å². The van der Waals surface area contributed by atoms with E-state index < -0.39 is 0 Å². The van der Waals surface area contributed by atoms with Crippen LogP contribution in [0.1, 0.15) is 30.0 Å². The fourth-order valence-electron chi connectivity index (χ4n) is 3.06. The molecule has 0 amide bonds. The predicted octanol–water partition coefficient (Wildman–Crippen LogP) is 3.95. The van der Waals surface area contributed by atoms with Crippen molar-refractivity contribution in [2.45, 2.75) is 25.3 Å². The number of hydrogen-bond acceptors (Lipinski definition) is 4. The van der Waals surface area contributed by atoms with Crippen molar-refractivity contribution < 1.29 is 0 Å². The quantitative estimate of drug-likeness (QED) is 0.793. The Labute approximate surface area is 137 Å². The number of benzene rings is 1. The van der Waals surface area contributed by atoms with Crippen LogP contribution in [-0.2, 0) is 6.54 Å². The second kappa shape index (κ2) is 5.95. The third-order valence-corrected chi connectivity index (χ3v) is 4.43. The van der Waals surface area contributed by atoms with Crippen LogP contribution in [0.2, 0.25) is 0 Å². The highest BCUT2D eigenvalue weighted by molar-refractivity contribution is 5.85. The van der Waals surface area contributed by atoms with Crippen LogP contribution in [0.3, 0.4) is 0 Å². The van der Waals surface area contributed by atoms with E-state index in [9.17, 15) is 0 Å². The molecule has 1 aromatic heterocycles. The monoisotopic (exact) mass is 306 g/mol. The molecular formula is C19H22N4. The number of pyridine rings is 1. The van der Waals surface area contributed by atoms with E-state index in [0.29, 0.717) is 5.92 Å². The summed E-state index contributed by atoms with van der Waals surface area (Å²) < 4.78 is 0. The van der Waals surface area contributed by atoms with Gasteiger partial charge in [0.25, 0.3) is 0 Å². The van der Waals surface area contributed by atoms with Crippen LogP contribution in [0.25, 0.3) is 0 Å². The minimum absolute atomic E-state index is 0.642. The van der Waals surface area contributed by atoms with E-state index in [2.05, 4.69) is 58.5 Å². The zero-order valence-electron chi connectivity index (χ0n) is 13.3. The van der Waals surface area contributed by atoms with Crippen LogP contribution in [0, 0.1) is 0 Å². The lowest BCUT2D eigenvalue weighted by Crippen LogP contribution is -2.22. The summed E-state index contributed by atoms with van der Waals surface area (Å²) >= 11 is 0. The molecule has 118 valence electrons. The Balaban J connectivity index is 1.65. The first-order valence-electron chi connectivity index (χ1n) is 8.27. The van der Waals surface area contributed by atoms with Gasteiger partial charge in [-0.3, -0.25) is 0 Å². The minimum atomic E-state index is 0.642. The summed E-state index contributed by atoms with van der Waals surface area (Å²) in [6, 6.07) is 12.9. The molecule has 0 spiro atoms. The van der Waals surface area contributed by atoms with Gasteiger partial charge in [0.15, 0.2) is 5.82 Å². The number of nitrogens with one attached hydrogen (secondary N) is 2. The molecule has 4 nitrogen and oxygen atoms in total. The average Bonchev–Trinajstić information content (AvgIpc) is 3.36. The summed E-state index contributed by atoms with van der Waals surface area (Å²) in [6.07, 6.45) is 4.39. The molecule has 23 heavy (non-hydrogen) atoms. The van der Waals surface area contributed by atoms with Crippen LogP contribution in [-0.4, -0.2) is 18.2 Å². The first-order chi connectivity index (χ1) is 11.3. The van der Waals surface area contributed by atoms with Crippen molar-refractivity contribution in [1.82, 2.24) is 4.98 Å². The SMILES string of the molecule is C=CCNc1nc(C2CC2)cc2c1NCN2Cc1ccccc1. The van der Waals surface area contributed by atoms with Gasteiger partial charge in [-0.25, -0.2) is 4.98 Å². The Morgan fingerprint density at radius 2 is 2.13 bits per heavy atom. The van der Waals surface area contributed by atoms with Crippen LogP contribution in [0.4, 0.5) is 17.2 Å². The topological polar surface area (TPSA) is 40.2 Å². The van der Waals surface area contributed by atoms with Crippen molar-refractivity contribution in [2.24, 2.45) is 0 Å². The normalized spacial score (nSPS) is 15.9. The van der Waals surface area contributed by atoms with Gasteiger partial charge in [0.1, 0.15) is 5.69 Å². The van der Waals surface area contributed by atoms with Gasteiger partial charge in [-0.05, 0) is 24.5 Å². The molecule has 2 N–H and O–H groups in total. The maximum atomic E-state index is 4.84. The molecule has 1 saturated carbocycles. The predicted molar refractivity (Wildman–Crippen MR) is 96.0 cm³/mol. The molecule has 1 aliphatic carbocycles. The summed E-state index contributed by atoms with van der Waals surface area (Å²) in [4.78, 5) is 7.22. The van der Waals surface area contributed by atoms with E-state index in [1.807, 2.05) is 6.08 Å². The van der Waals surface area contributed by atoms with E-state index in [1.165, 1.54) is 29.8 Å². The van der Waals surface area contributed by atoms with Gasteiger partial charge in [-0.15, -0.1) is 6.58 Å². The first-order valence-corrected chi connectivity index (χ1v) is 8.27. The van der Waals surface area contributed by atoms with Crippen molar-refractivity contribution in [3.05, 3.63) is 60.3 Å². The van der Waals surface area contributed by atoms with Crippen molar-refractivity contribution in [3.8, 4) is 0 Å². The van der Waals surface area contributed by atoms with E-state index >= 15 is 0 Å². The highest BCUT2D eigenvalue weighted by Crippen LogP contribution is 2.45. The van der Waals surface area contributed by atoms with Gasteiger partial charge in [0.2, 0.25) is 0 Å². The minimum Gasteiger partial charge on any atom is -0.365 e. The number of fused-ring (bicyclic) bond motifs is 1. The van der Waals surface area contributed by atoms with E-state index in [0.717, 1.165) is 31.3 Å². The zero-order chi connectivity index (χ0) is 15.6. The smallest absolute Gasteiger partial charge is 0.152 e.